The van der Waals surface area contributed by atoms with Crippen molar-refractivity contribution in [2.24, 2.45) is 0 Å². The van der Waals surface area contributed by atoms with E-state index in [4.69, 9.17) is 4.74 Å². The molecule has 0 aliphatic rings. The lowest BCUT2D eigenvalue weighted by molar-refractivity contribution is 0.0526. The van der Waals surface area contributed by atoms with Gasteiger partial charge in [0.25, 0.3) is 0 Å². The van der Waals surface area contributed by atoms with Crippen molar-refractivity contribution in [1.82, 2.24) is 0 Å². The van der Waals surface area contributed by atoms with E-state index in [1.165, 1.54) is 0 Å². The van der Waals surface area contributed by atoms with Gasteiger partial charge in [-0.3, -0.25) is 0 Å². The standard InChI is InChI=1S/C14H15NO2/c1-3-17-14(16)12-5-4-11-9-13(15-2)7-6-10(11)8-12/h4-9,15H,3H2,1-2H3. The van der Waals surface area contributed by atoms with E-state index in [1.54, 1.807) is 13.0 Å². The van der Waals surface area contributed by atoms with E-state index in [0.29, 0.717) is 12.2 Å². The fourth-order valence-corrected chi connectivity index (χ4v) is 1.74. The maximum atomic E-state index is 11.6. The lowest BCUT2D eigenvalue weighted by Gasteiger charge is -2.05. The Bertz CT molecular complexity index is 549. The minimum Gasteiger partial charge on any atom is -0.462 e. The predicted molar refractivity (Wildman–Crippen MR) is 69.5 cm³/mol. The Kier molecular flexibility index (Phi) is 3.28. The molecule has 0 unspecified atom stereocenters. The summed E-state index contributed by atoms with van der Waals surface area (Å²) in [5.74, 6) is -0.271. The first-order chi connectivity index (χ1) is 8.24. The third-order valence-corrected chi connectivity index (χ3v) is 2.64. The van der Waals surface area contributed by atoms with Gasteiger partial charge < -0.3 is 10.1 Å². The molecule has 88 valence electrons. The second-order valence-corrected chi connectivity index (χ2v) is 3.75. The Labute approximate surface area is 100 Å². The molecule has 0 atom stereocenters. The lowest BCUT2D eigenvalue weighted by atomic mass is 10.1. The molecule has 0 aromatic heterocycles. The zero-order valence-corrected chi connectivity index (χ0v) is 9.99. The first-order valence-electron chi connectivity index (χ1n) is 5.63. The fraction of sp³-hybridized carbons (Fsp3) is 0.214. The van der Waals surface area contributed by atoms with Gasteiger partial charge in [0.05, 0.1) is 12.2 Å². The van der Waals surface area contributed by atoms with Gasteiger partial charge in [-0.2, -0.15) is 0 Å². The lowest BCUT2D eigenvalue weighted by Crippen LogP contribution is -2.04. The summed E-state index contributed by atoms with van der Waals surface area (Å²) in [6.45, 7) is 2.20. The molecule has 1 N–H and O–H groups in total. The molecule has 0 amide bonds. The maximum Gasteiger partial charge on any atom is 0.338 e. The van der Waals surface area contributed by atoms with Gasteiger partial charge in [-0.25, -0.2) is 4.79 Å². The number of benzene rings is 2. The minimum atomic E-state index is -0.271. The quantitative estimate of drug-likeness (QED) is 0.822. The minimum absolute atomic E-state index is 0.271. The van der Waals surface area contributed by atoms with E-state index in [1.807, 2.05) is 37.4 Å². The van der Waals surface area contributed by atoms with Crippen molar-refractivity contribution in [3.05, 3.63) is 42.0 Å². The summed E-state index contributed by atoms with van der Waals surface area (Å²) >= 11 is 0. The van der Waals surface area contributed by atoms with Crippen LogP contribution in [-0.2, 0) is 4.74 Å². The molecule has 2 aromatic rings. The molecular weight excluding hydrogens is 214 g/mol. The number of carbonyl (C=O) groups is 1. The molecule has 0 fully saturated rings. The third-order valence-electron chi connectivity index (χ3n) is 2.64. The van der Waals surface area contributed by atoms with Crippen molar-refractivity contribution in [3.63, 3.8) is 0 Å². The van der Waals surface area contributed by atoms with Crippen LogP contribution in [0.25, 0.3) is 10.8 Å². The summed E-state index contributed by atoms with van der Waals surface area (Å²) in [5, 5.41) is 5.22. The van der Waals surface area contributed by atoms with Gasteiger partial charge in [0.1, 0.15) is 0 Å². The number of nitrogens with one attached hydrogen (secondary N) is 1. The number of carbonyl (C=O) groups excluding carboxylic acids is 1. The Morgan fingerprint density at radius 3 is 2.59 bits per heavy atom. The number of hydrogen-bond donors (Lipinski definition) is 1. The van der Waals surface area contributed by atoms with Crippen LogP contribution < -0.4 is 5.32 Å². The van der Waals surface area contributed by atoms with Crippen LogP contribution in [0.15, 0.2) is 36.4 Å². The Morgan fingerprint density at radius 2 is 1.88 bits per heavy atom. The highest BCUT2D eigenvalue weighted by Gasteiger charge is 2.06. The second-order valence-electron chi connectivity index (χ2n) is 3.75. The Hall–Kier alpha value is -2.03. The highest BCUT2D eigenvalue weighted by atomic mass is 16.5. The van der Waals surface area contributed by atoms with Crippen LogP contribution in [-0.4, -0.2) is 19.6 Å². The van der Waals surface area contributed by atoms with Crippen molar-refractivity contribution in [3.8, 4) is 0 Å². The second kappa shape index (κ2) is 4.87. The van der Waals surface area contributed by atoms with E-state index in [9.17, 15) is 4.79 Å². The average Bonchev–Trinajstić information content (AvgIpc) is 2.37. The molecule has 0 aliphatic carbocycles. The van der Waals surface area contributed by atoms with Crippen LogP contribution in [0, 0.1) is 0 Å². The molecule has 2 aromatic carbocycles. The van der Waals surface area contributed by atoms with E-state index in [2.05, 4.69) is 5.32 Å². The van der Waals surface area contributed by atoms with Gasteiger partial charge in [-0.1, -0.05) is 12.1 Å². The van der Waals surface area contributed by atoms with Crippen molar-refractivity contribution < 1.29 is 9.53 Å². The van der Waals surface area contributed by atoms with E-state index < -0.39 is 0 Å². The Balaban J connectivity index is 2.41. The predicted octanol–water partition coefficient (Wildman–Crippen LogP) is 3.06. The van der Waals surface area contributed by atoms with E-state index in [-0.39, 0.29) is 5.97 Å². The van der Waals surface area contributed by atoms with Crippen molar-refractivity contribution in [2.45, 2.75) is 6.92 Å². The molecule has 0 saturated heterocycles. The Morgan fingerprint density at radius 1 is 1.18 bits per heavy atom. The maximum absolute atomic E-state index is 11.6. The zero-order valence-electron chi connectivity index (χ0n) is 9.99. The smallest absolute Gasteiger partial charge is 0.338 e. The largest absolute Gasteiger partial charge is 0.462 e. The van der Waals surface area contributed by atoms with Crippen LogP contribution in [0.2, 0.25) is 0 Å². The summed E-state index contributed by atoms with van der Waals surface area (Å²) in [4.78, 5) is 11.6. The van der Waals surface area contributed by atoms with Crippen LogP contribution in [0.3, 0.4) is 0 Å². The summed E-state index contributed by atoms with van der Waals surface area (Å²) in [5.41, 5.74) is 1.65. The first kappa shape index (κ1) is 11.5. The van der Waals surface area contributed by atoms with Gasteiger partial charge in [-0.15, -0.1) is 0 Å². The molecular formula is C14H15NO2. The van der Waals surface area contributed by atoms with Crippen LogP contribution in [0.4, 0.5) is 5.69 Å². The van der Waals surface area contributed by atoms with Gasteiger partial charge >= 0.3 is 5.97 Å². The first-order valence-corrected chi connectivity index (χ1v) is 5.63. The van der Waals surface area contributed by atoms with Gasteiger partial charge in [0.2, 0.25) is 0 Å². The molecule has 2 rings (SSSR count). The number of fused-ring (bicyclic) bond motifs is 1. The number of ether oxygens (including phenoxy) is 1. The van der Waals surface area contributed by atoms with Crippen molar-refractivity contribution in [1.29, 1.82) is 0 Å². The third kappa shape index (κ3) is 2.38. The molecule has 0 bridgehead atoms. The zero-order chi connectivity index (χ0) is 12.3. The average molecular weight is 229 g/mol. The molecule has 0 saturated carbocycles. The molecule has 0 heterocycles. The molecule has 3 nitrogen and oxygen atoms in total. The topological polar surface area (TPSA) is 38.3 Å². The summed E-state index contributed by atoms with van der Waals surface area (Å²) in [7, 11) is 1.88. The van der Waals surface area contributed by atoms with Gasteiger partial charge in [-0.05, 0) is 42.0 Å². The van der Waals surface area contributed by atoms with Crippen molar-refractivity contribution in [2.75, 3.05) is 19.0 Å². The van der Waals surface area contributed by atoms with Crippen LogP contribution in [0.5, 0.6) is 0 Å². The summed E-state index contributed by atoms with van der Waals surface area (Å²) in [6.07, 6.45) is 0. The van der Waals surface area contributed by atoms with E-state index >= 15 is 0 Å². The number of hydrogen-bond acceptors (Lipinski definition) is 3. The SMILES string of the molecule is CCOC(=O)c1ccc2cc(NC)ccc2c1. The van der Waals surface area contributed by atoms with Crippen molar-refractivity contribution >= 4 is 22.4 Å². The van der Waals surface area contributed by atoms with Gasteiger partial charge in [0.15, 0.2) is 0 Å². The van der Waals surface area contributed by atoms with Crippen LogP contribution in [0.1, 0.15) is 17.3 Å². The molecule has 0 radical (unpaired) electrons. The molecule has 0 spiro atoms. The highest BCUT2D eigenvalue weighted by molar-refractivity contribution is 5.96. The summed E-state index contributed by atoms with van der Waals surface area (Å²) in [6, 6.07) is 11.6. The molecule has 3 heteroatoms. The van der Waals surface area contributed by atoms with E-state index in [0.717, 1.165) is 16.5 Å². The molecule has 0 aliphatic heterocycles. The normalized spacial score (nSPS) is 10.2. The van der Waals surface area contributed by atoms with Crippen LogP contribution >= 0.6 is 0 Å². The number of rotatable bonds is 3. The number of anilines is 1. The highest BCUT2D eigenvalue weighted by Crippen LogP contribution is 2.20. The molecule has 17 heavy (non-hydrogen) atoms. The summed E-state index contributed by atoms with van der Waals surface area (Å²) < 4.78 is 4.97. The fourth-order valence-electron chi connectivity index (χ4n) is 1.74. The monoisotopic (exact) mass is 229 g/mol. The number of esters is 1. The van der Waals surface area contributed by atoms with Gasteiger partial charge in [0, 0.05) is 12.7 Å².